The molecule has 0 saturated heterocycles. The van der Waals surface area contributed by atoms with E-state index in [2.05, 4.69) is 41.5 Å². The van der Waals surface area contributed by atoms with E-state index in [-0.39, 0.29) is 25.7 Å². The van der Waals surface area contributed by atoms with E-state index in [9.17, 15) is 43.2 Å². The maximum absolute atomic E-state index is 13.0. The van der Waals surface area contributed by atoms with Gasteiger partial charge >= 0.3 is 39.5 Å². The molecular weight excluding hydrogens is 1150 g/mol. The van der Waals surface area contributed by atoms with Gasteiger partial charge in [0.25, 0.3) is 0 Å². The summed E-state index contributed by atoms with van der Waals surface area (Å²) >= 11 is 0. The minimum atomic E-state index is -4.95. The molecule has 0 aromatic rings. The van der Waals surface area contributed by atoms with Gasteiger partial charge in [-0.3, -0.25) is 37.3 Å². The summed E-state index contributed by atoms with van der Waals surface area (Å²) in [6, 6.07) is 0. The van der Waals surface area contributed by atoms with Gasteiger partial charge < -0.3 is 33.8 Å². The van der Waals surface area contributed by atoms with Crippen LogP contribution in [0.2, 0.25) is 0 Å². The van der Waals surface area contributed by atoms with Crippen LogP contribution in [0, 0.1) is 11.8 Å². The lowest BCUT2D eigenvalue weighted by atomic mass is 10.0. The van der Waals surface area contributed by atoms with Gasteiger partial charge in [0.15, 0.2) is 12.2 Å². The summed E-state index contributed by atoms with van der Waals surface area (Å²) in [5.41, 5.74) is 0. The number of unbranched alkanes of at least 4 members (excludes halogenated alkanes) is 37. The molecule has 0 saturated carbocycles. The molecule has 87 heavy (non-hydrogen) atoms. The van der Waals surface area contributed by atoms with E-state index in [1.54, 1.807) is 0 Å². The number of phosphoric ester groups is 2. The predicted molar refractivity (Wildman–Crippen MR) is 349 cm³/mol. The number of ether oxygens (including phenoxy) is 4. The van der Waals surface area contributed by atoms with Gasteiger partial charge in [-0.05, 0) is 37.5 Å². The first-order valence-electron chi connectivity index (χ1n) is 35.5. The fourth-order valence-corrected chi connectivity index (χ4v) is 11.8. The van der Waals surface area contributed by atoms with E-state index in [0.717, 1.165) is 102 Å². The van der Waals surface area contributed by atoms with Crippen LogP contribution in [0.25, 0.3) is 0 Å². The first-order chi connectivity index (χ1) is 41.9. The summed E-state index contributed by atoms with van der Waals surface area (Å²) in [6.07, 6.45) is 45.2. The first-order valence-corrected chi connectivity index (χ1v) is 38.5. The highest BCUT2D eigenvalue weighted by Crippen LogP contribution is 2.45. The Kier molecular flexibility index (Phi) is 59.0. The molecule has 19 heteroatoms. The molecule has 0 radical (unpaired) electrons. The third-order valence-electron chi connectivity index (χ3n) is 15.7. The summed E-state index contributed by atoms with van der Waals surface area (Å²) < 4.78 is 67.9. The van der Waals surface area contributed by atoms with Crippen molar-refractivity contribution in [1.82, 2.24) is 0 Å². The molecule has 516 valence electrons. The van der Waals surface area contributed by atoms with Gasteiger partial charge in [-0.25, -0.2) is 9.13 Å². The third-order valence-corrected chi connectivity index (χ3v) is 17.6. The number of carbonyl (C=O) groups excluding carboxylic acids is 4. The van der Waals surface area contributed by atoms with Crippen LogP contribution in [0.3, 0.4) is 0 Å². The molecule has 0 aromatic heterocycles. The Labute approximate surface area is 530 Å². The van der Waals surface area contributed by atoms with E-state index in [1.807, 2.05) is 0 Å². The molecule has 0 aliphatic rings. The van der Waals surface area contributed by atoms with Crippen molar-refractivity contribution in [3.8, 4) is 0 Å². The molecule has 17 nitrogen and oxygen atoms in total. The zero-order chi connectivity index (χ0) is 64.3. The summed E-state index contributed by atoms with van der Waals surface area (Å²) in [5.74, 6) is -0.721. The Hall–Kier alpha value is -1.94. The van der Waals surface area contributed by atoms with Crippen molar-refractivity contribution in [3.63, 3.8) is 0 Å². The fourth-order valence-electron chi connectivity index (χ4n) is 10.2. The van der Waals surface area contributed by atoms with Gasteiger partial charge in [0.1, 0.15) is 19.3 Å². The second-order valence-corrected chi connectivity index (χ2v) is 28.4. The van der Waals surface area contributed by atoms with E-state index in [0.29, 0.717) is 31.6 Å². The molecule has 0 aromatic carbocycles. The first kappa shape index (κ1) is 85.1. The van der Waals surface area contributed by atoms with Crippen molar-refractivity contribution in [3.05, 3.63) is 0 Å². The number of aliphatic hydroxyl groups excluding tert-OH is 1. The van der Waals surface area contributed by atoms with Crippen molar-refractivity contribution in [1.29, 1.82) is 0 Å². The van der Waals surface area contributed by atoms with E-state index < -0.39 is 97.5 Å². The lowest BCUT2D eigenvalue weighted by Crippen LogP contribution is -2.30. The molecule has 0 bridgehead atoms. The topological polar surface area (TPSA) is 237 Å². The zero-order valence-corrected chi connectivity index (χ0v) is 58.1. The second-order valence-electron chi connectivity index (χ2n) is 25.5. The van der Waals surface area contributed by atoms with Crippen LogP contribution in [0.4, 0.5) is 0 Å². The number of rotatable bonds is 67. The summed E-state index contributed by atoms with van der Waals surface area (Å²) in [5, 5.41) is 10.5. The number of hydrogen-bond donors (Lipinski definition) is 3. The van der Waals surface area contributed by atoms with Crippen molar-refractivity contribution < 1.29 is 80.2 Å². The molecule has 0 rings (SSSR count). The molecule has 0 aliphatic heterocycles. The van der Waals surface area contributed by atoms with Gasteiger partial charge in [0, 0.05) is 25.7 Å². The van der Waals surface area contributed by atoms with Crippen LogP contribution >= 0.6 is 15.6 Å². The van der Waals surface area contributed by atoms with Gasteiger partial charge in [-0.1, -0.05) is 292 Å². The van der Waals surface area contributed by atoms with Crippen LogP contribution in [-0.4, -0.2) is 96.7 Å². The lowest BCUT2D eigenvalue weighted by Gasteiger charge is -2.21. The molecule has 0 spiro atoms. The van der Waals surface area contributed by atoms with Crippen LogP contribution in [0.15, 0.2) is 0 Å². The minimum Gasteiger partial charge on any atom is -0.462 e. The third kappa shape index (κ3) is 62.6. The average molecular weight is 1280 g/mol. The van der Waals surface area contributed by atoms with Crippen molar-refractivity contribution >= 4 is 39.5 Å². The Morgan fingerprint density at radius 1 is 0.310 bits per heavy atom. The fraction of sp³-hybridized carbons (Fsp3) is 0.941. The highest BCUT2D eigenvalue weighted by atomic mass is 31.2. The number of esters is 4. The predicted octanol–water partition coefficient (Wildman–Crippen LogP) is 19.2. The molecule has 0 amide bonds. The second kappa shape index (κ2) is 60.3. The Bertz CT molecular complexity index is 1700. The Balaban J connectivity index is 5.09. The van der Waals surface area contributed by atoms with Crippen molar-refractivity contribution in [2.75, 3.05) is 39.6 Å². The lowest BCUT2D eigenvalue weighted by molar-refractivity contribution is -0.161. The molecular formula is C68H132O17P2. The quantitative estimate of drug-likeness (QED) is 0.0222. The van der Waals surface area contributed by atoms with E-state index in [1.165, 1.54) is 154 Å². The molecule has 3 N–H and O–H groups in total. The zero-order valence-electron chi connectivity index (χ0n) is 56.3. The average Bonchev–Trinajstić information content (AvgIpc) is 3.66. The standard InChI is InChI=1S/C68H132O17P2/c1-7-9-11-13-14-15-16-17-18-19-20-21-22-23-24-25-26-27-34-40-46-52-67(72)85-64(57-79-66(71)51-45-39-33-29-28-31-37-42-48-60(3)4)59-83-87(76,77)81-55-62(69)54-80-86(74,75)82-58-63(56-78-65(70)50-44-36-12-10-8-2)84-68(73)53-47-41-35-30-32-38-43-49-61(5)6/h60-64,69H,7-59H2,1-6H3,(H,74,75)(H,76,77)/t62-,63+,64+/m0/s1. The Morgan fingerprint density at radius 2 is 0.529 bits per heavy atom. The SMILES string of the molecule is CCCCCCCCCCCCCCCCCCCCCCCC(=O)O[C@H](COC(=O)CCCCCCCCCCC(C)C)COP(=O)(O)OC[C@@H](O)COP(=O)(O)OC[C@@H](COC(=O)CCCCCCC)OC(=O)CCCCCCCCCC(C)C. The van der Waals surface area contributed by atoms with E-state index in [4.69, 9.17) is 37.0 Å². The monoisotopic (exact) mass is 1280 g/mol. The van der Waals surface area contributed by atoms with Crippen LogP contribution in [-0.2, 0) is 65.4 Å². The highest BCUT2D eigenvalue weighted by molar-refractivity contribution is 7.47. The molecule has 5 atom stereocenters. The number of phosphoric acid groups is 2. The minimum absolute atomic E-state index is 0.102. The molecule has 0 aliphatic carbocycles. The number of hydrogen-bond acceptors (Lipinski definition) is 15. The molecule has 0 fully saturated rings. The summed E-state index contributed by atoms with van der Waals surface area (Å²) in [6.45, 7) is 9.33. The van der Waals surface area contributed by atoms with Crippen molar-refractivity contribution in [2.24, 2.45) is 11.8 Å². The van der Waals surface area contributed by atoms with Crippen LogP contribution < -0.4 is 0 Å². The van der Waals surface area contributed by atoms with Gasteiger partial charge in [-0.2, -0.15) is 0 Å². The van der Waals surface area contributed by atoms with Crippen LogP contribution in [0.1, 0.15) is 343 Å². The van der Waals surface area contributed by atoms with Gasteiger partial charge in [0.05, 0.1) is 26.4 Å². The molecule has 2 unspecified atom stereocenters. The smallest absolute Gasteiger partial charge is 0.462 e. The van der Waals surface area contributed by atoms with Crippen LogP contribution in [0.5, 0.6) is 0 Å². The Morgan fingerprint density at radius 3 is 0.782 bits per heavy atom. The van der Waals surface area contributed by atoms with Gasteiger partial charge in [0.2, 0.25) is 0 Å². The highest BCUT2D eigenvalue weighted by Gasteiger charge is 2.30. The van der Waals surface area contributed by atoms with Gasteiger partial charge in [-0.15, -0.1) is 0 Å². The molecule has 0 heterocycles. The number of carbonyl (C=O) groups is 4. The normalized spacial score (nSPS) is 14.2. The van der Waals surface area contributed by atoms with E-state index >= 15 is 0 Å². The summed E-state index contributed by atoms with van der Waals surface area (Å²) in [4.78, 5) is 72.1. The maximum Gasteiger partial charge on any atom is 0.472 e. The maximum atomic E-state index is 13.0. The largest absolute Gasteiger partial charge is 0.472 e. The van der Waals surface area contributed by atoms with Crippen molar-refractivity contribution in [2.45, 2.75) is 362 Å². The number of aliphatic hydroxyl groups is 1. The summed E-state index contributed by atoms with van der Waals surface area (Å²) in [7, 11) is -9.88.